The molecule has 0 saturated carbocycles. The standard InChI is InChI=1S/C15H22N2O3/c1-12(17-19)5-6-13-7-9-14(10-8-13)20-11-3-4-15(18)16-2/h7-10,19H,3-6,11H2,1-2H3,(H,16,18). The van der Waals surface area contributed by atoms with Gasteiger partial charge in [-0.15, -0.1) is 0 Å². The fourth-order valence-corrected chi connectivity index (χ4v) is 1.68. The van der Waals surface area contributed by atoms with E-state index in [-0.39, 0.29) is 5.91 Å². The van der Waals surface area contributed by atoms with Crippen molar-refractivity contribution in [3.05, 3.63) is 29.8 Å². The molecule has 1 aromatic carbocycles. The highest BCUT2D eigenvalue weighted by Gasteiger charge is 2.00. The molecule has 0 bridgehead atoms. The predicted octanol–water partition coefficient (Wildman–Crippen LogP) is 2.37. The Morgan fingerprint density at radius 1 is 1.30 bits per heavy atom. The zero-order valence-corrected chi connectivity index (χ0v) is 12.1. The average molecular weight is 278 g/mol. The molecular formula is C15H22N2O3. The second kappa shape index (κ2) is 8.96. The number of aryl methyl sites for hydroxylation is 1. The molecule has 0 fully saturated rings. The van der Waals surface area contributed by atoms with Crippen LogP contribution >= 0.6 is 0 Å². The number of hydrogen-bond acceptors (Lipinski definition) is 4. The van der Waals surface area contributed by atoms with Gasteiger partial charge in [0.05, 0.1) is 12.3 Å². The Hall–Kier alpha value is -2.04. The van der Waals surface area contributed by atoms with Crippen LogP contribution in [-0.4, -0.2) is 30.5 Å². The summed E-state index contributed by atoms with van der Waals surface area (Å²) >= 11 is 0. The number of benzene rings is 1. The third-order valence-corrected chi connectivity index (χ3v) is 2.97. The fraction of sp³-hybridized carbons (Fsp3) is 0.467. The van der Waals surface area contributed by atoms with E-state index in [1.807, 2.05) is 24.3 Å². The molecule has 5 nitrogen and oxygen atoms in total. The maximum Gasteiger partial charge on any atom is 0.219 e. The second-order valence-corrected chi connectivity index (χ2v) is 4.60. The van der Waals surface area contributed by atoms with Crippen LogP contribution in [0, 0.1) is 0 Å². The van der Waals surface area contributed by atoms with E-state index in [0.717, 1.165) is 24.3 Å². The molecule has 110 valence electrons. The summed E-state index contributed by atoms with van der Waals surface area (Å²) in [5.74, 6) is 0.836. The van der Waals surface area contributed by atoms with E-state index in [9.17, 15) is 4.79 Å². The van der Waals surface area contributed by atoms with Crippen molar-refractivity contribution in [2.75, 3.05) is 13.7 Å². The molecule has 0 spiro atoms. The third-order valence-electron chi connectivity index (χ3n) is 2.97. The van der Waals surface area contributed by atoms with Gasteiger partial charge in [-0.2, -0.15) is 0 Å². The van der Waals surface area contributed by atoms with Crippen LogP contribution in [0.1, 0.15) is 31.7 Å². The van der Waals surface area contributed by atoms with Crippen molar-refractivity contribution in [1.82, 2.24) is 5.32 Å². The van der Waals surface area contributed by atoms with Gasteiger partial charge >= 0.3 is 0 Å². The Kier molecular flexibility index (Phi) is 7.17. The lowest BCUT2D eigenvalue weighted by atomic mass is 10.1. The van der Waals surface area contributed by atoms with Crippen molar-refractivity contribution >= 4 is 11.6 Å². The number of carbonyl (C=O) groups excluding carboxylic acids is 1. The van der Waals surface area contributed by atoms with Crippen LogP contribution in [0.3, 0.4) is 0 Å². The van der Waals surface area contributed by atoms with Gasteiger partial charge in [-0.3, -0.25) is 4.79 Å². The third kappa shape index (κ3) is 6.22. The van der Waals surface area contributed by atoms with Crippen LogP contribution in [0.2, 0.25) is 0 Å². The van der Waals surface area contributed by atoms with Crippen LogP contribution in [0.5, 0.6) is 5.75 Å². The number of oxime groups is 1. The molecule has 0 radical (unpaired) electrons. The molecule has 0 saturated heterocycles. The molecule has 0 aromatic heterocycles. The Labute approximate surface area is 119 Å². The summed E-state index contributed by atoms with van der Waals surface area (Å²) < 4.78 is 5.56. The number of nitrogens with zero attached hydrogens (tertiary/aromatic N) is 1. The Morgan fingerprint density at radius 2 is 2.00 bits per heavy atom. The zero-order valence-electron chi connectivity index (χ0n) is 12.1. The first-order valence-corrected chi connectivity index (χ1v) is 6.75. The maximum absolute atomic E-state index is 11.0. The maximum atomic E-state index is 11.0. The molecule has 0 unspecified atom stereocenters. The monoisotopic (exact) mass is 278 g/mol. The summed E-state index contributed by atoms with van der Waals surface area (Å²) in [5.41, 5.74) is 1.89. The fourth-order valence-electron chi connectivity index (χ4n) is 1.68. The van der Waals surface area contributed by atoms with Crippen LogP contribution in [0.4, 0.5) is 0 Å². The second-order valence-electron chi connectivity index (χ2n) is 4.60. The van der Waals surface area contributed by atoms with Crippen LogP contribution in [0.15, 0.2) is 29.4 Å². The number of ether oxygens (including phenoxy) is 1. The highest BCUT2D eigenvalue weighted by Crippen LogP contribution is 2.14. The zero-order chi connectivity index (χ0) is 14.8. The first kappa shape index (κ1) is 16.0. The first-order valence-electron chi connectivity index (χ1n) is 6.75. The number of amides is 1. The molecule has 0 heterocycles. The van der Waals surface area contributed by atoms with Gasteiger partial charge in [0.25, 0.3) is 0 Å². The highest BCUT2D eigenvalue weighted by molar-refractivity contribution is 5.81. The number of nitrogens with one attached hydrogen (secondary N) is 1. The van der Waals surface area contributed by atoms with Gasteiger partial charge in [-0.25, -0.2) is 0 Å². The highest BCUT2D eigenvalue weighted by atomic mass is 16.5. The molecule has 5 heteroatoms. The molecule has 20 heavy (non-hydrogen) atoms. The summed E-state index contributed by atoms with van der Waals surface area (Å²) in [6.45, 7) is 2.33. The molecular weight excluding hydrogens is 256 g/mol. The van der Waals surface area contributed by atoms with Crippen LogP contribution < -0.4 is 10.1 Å². The summed E-state index contributed by atoms with van der Waals surface area (Å²) in [5, 5.41) is 14.3. The van der Waals surface area contributed by atoms with Crippen molar-refractivity contribution in [1.29, 1.82) is 0 Å². The number of carbonyl (C=O) groups is 1. The summed E-state index contributed by atoms with van der Waals surface area (Å²) in [6, 6.07) is 7.83. The van der Waals surface area contributed by atoms with Gasteiger partial charge in [-0.05, 0) is 43.9 Å². The van der Waals surface area contributed by atoms with Gasteiger partial charge in [0.1, 0.15) is 5.75 Å². The van der Waals surface area contributed by atoms with Crippen LogP contribution in [-0.2, 0) is 11.2 Å². The number of hydrogen-bond donors (Lipinski definition) is 2. The van der Waals surface area contributed by atoms with Crippen molar-refractivity contribution in [3.8, 4) is 5.75 Å². The molecule has 0 aliphatic heterocycles. The lowest BCUT2D eigenvalue weighted by Crippen LogP contribution is -2.18. The minimum absolute atomic E-state index is 0.0323. The molecule has 0 aliphatic rings. The van der Waals surface area contributed by atoms with Gasteiger partial charge < -0.3 is 15.3 Å². The van der Waals surface area contributed by atoms with Gasteiger partial charge in [0.15, 0.2) is 0 Å². The Bertz CT molecular complexity index is 441. The van der Waals surface area contributed by atoms with E-state index < -0.39 is 0 Å². The molecule has 1 aromatic rings. The van der Waals surface area contributed by atoms with Gasteiger partial charge in [0, 0.05) is 13.5 Å². The molecule has 2 N–H and O–H groups in total. The minimum atomic E-state index is 0.0323. The largest absolute Gasteiger partial charge is 0.494 e. The van der Waals surface area contributed by atoms with Crippen molar-refractivity contribution in [2.45, 2.75) is 32.6 Å². The van der Waals surface area contributed by atoms with E-state index in [4.69, 9.17) is 9.94 Å². The molecule has 0 atom stereocenters. The molecule has 1 amide bonds. The average Bonchev–Trinajstić information content (AvgIpc) is 2.49. The van der Waals surface area contributed by atoms with E-state index in [1.165, 1.54) is 5.56 Å². The normalized spacial score (nSPS) is 11.2. The van der Waals surface area contributed by atoms with Crippen molar-refractivity contribution in [2.24, 2.45) is 5.16 Å². The first-order chi connectivity index (χ1) is 9.65. The van der Waals surface area contributed by atoms with Crippen LogP contribution in [0.25, 0.3) is 0 Å². The quantitative estimate of drug-likeness (QED) is 0.332. The SMILES string of the molecule is CNC(=O)CCCOc1ccc(CCC(C)=NO)cc1. The predicted molar refractivity (Wildman–Crippen MR) is 78.5 cm³/mol. The summed E-state index contributed by atoms with van der Waals surface area (Å²) in [6.07, 6.45) is 2.76. The number of rotatable bonds is 8. The van der Waals surface area contributed by atoms with Crippen molar-refractivity contribution < 1.29 is 14.7 Å². The topological polar surface area (TPSA) is 70.9 Å². The van der Waals surface area contributed by atoms with E-state index >= 15 is 0 Å². The minimum Gasteiger partial charge on any atom is -0.494 e. The van der Waals surface area contributed by atoms with E-state index in [0.29, 0.717) is 19.4 Å². The lowest BCUT2D eigenvalue weighted by molar-refractivity contribution is -0.120. The summed E-state index contributed by atoms with van der Waals surface area (Å²) in [7, 11) is 1.63. The lowest BCUT2D eigenvalue weighted by Gasteiger charge is -2.07. The van der Waals surface area contributed by atoms with E-state index in [1.54, 1.807) is 14.0 Å². The van der Waals surface area contributed by atoms with Gasteiger partial charge in [0.2, 0.25) is 5.91 Å². The summed E-state index contributed by atoms with van der Waals surface area (Å²) in [4.78, 5) is 11.0. The smallest absolute Gasteiger partial charge is 0.219 e. The Balaban J connectivity index is 2.30. The van der Waals surface area contributed by atoms with Gasteiger partial charge in [-0.1, -0.05) is 17.3 Å². The van der Waals surface area contributed by atoms with E-state index in [2.05, 4.69) is 10.5 Å². The molecule has 1 rings (SSSR count). The Morgan fingerprint density at radius 3 is 2.60 bits per heavy atom. The molecule has 0 aliphatic carbocycles. The van der Waals surface area contributed by atoms with Crippen molar-refractivity contribution in [3.63, 3.8) is 0 Å².